The van der Waals surface area contributed by atoms with E-state index in [1.165, 1.54) is 30.6 Å². The molecule has 1 aromatic carbocycles. The third kappa shape index (κ3) is 5.68. The lowest BCUT2D eigenvalue weighted by atomic mass is 10.1. The SMILES string of the molecule is COC(CCCC(=O)c1cccs1)=NNS(=O)(=O)c1ccc(C)cc1. The van der Waals surface area contributed by atoms with Gasteiger partial charge in [-0.1, -0.05) is 23.8 Å². The Balaban J connectivity index is 1.91. The number of ether oxygens (including phenoxy) is 1. The number of sulfonamides is 1. The number of Topliss-reactive ketones (excluding diaryl/α,β-unsaturated/α-hetero) is 1. The summed E-state index contributed by atoms with van der Waals surface area (Å²) >= 11 is 1.41. The average Bonchev–Trinajstić information content (AvgIpc) is 3.13. The van der Waals surface area contributed by atoms with Crippen molar-refractivity contribution in [2.45, 2.75) is 31.1 Å². The highest BCUT2D eigenvalue weighted by Crippen LogP contribution is 2.14. The van der Waals surface area contributed by atoms with Crippen LogP contribution in [0.4, 0.5) is 0 Å². The molecule has 8 heteroatoms. The van der Waals surface area contributed by atoms with Gasteiger partial charge in [0, 0.05) is 12.8 Å². The molecule has 1 N–H and O–H groups in total. The number of ketones is 1. The molecule has 0 saturated carbocycles. The van der Waals surface area contributed by atoms with Crippen molar-refractivity contribution in [3.05, 3.63) is 52.2 Å². The van der Waals surface area contributed by atoms with Gasteiger partial charge in [0.25, 0.3) is 10.0 Å². The molecule has 0 aliphatic carbocycles. The van der Waals surface area contributed by atoms with Crippen LogP contribution in [-0.2, 0) is 14.8 Å². The summed E-state index contributed by atoms with van der Waals surface area (Å²) in [6.07, 6.45) is 1.24. The van der Waals surface area contributed by atoms with Crippen LogP contribution in [0, 0.1) is 6.92 Å². The molecule has 0 bridgehead atoms. The summed E-state index contributed by atoms with van der Waals surface area (Å²) in [5, 5.41) is 5.68. The molecule has 6 nitrogen and oxygen atoms in total. The molecule has 2 aromatic rings. The molecule has 2 rings (SSSR count). The molecule has 134 valence electrons. The van der Waals surface area contributed by atoms with Gasteiger partial charge in [0.2, 0.25) is 5.90 Å². The average molecular weight is 380 g/mol. The quantitative estimate of drug-likeness (QED) is 0.329. The first kappa shape index (κ1) is 19.1. The number of nitrogens with zero attached hydrogens (tertiary/aromatic N) is 1. The van der Waals surface area contributed by atoms with E-state index in [2.05, 4.69) is 9.93 Å². The second-order valence-electron chi connectivity index (χ2n) is 5.37. The number of carbonyl (C=O) groups excluding carboxylic acids is 1. The minimum Gasteiger partial charge on any atom is -0.483 e. The number of hydrogen-bond acceptors (Lipinski definition) is 6. The minimum absolute atomic E-state index is 0.0608. The van der Waals surface area contributed by atoms with Gasteiger partial charge in [-0.3, -0.25) is 4.79 Å². The summed E-state index contributed by atoms with van der Waals surface area (Å²) in [6, 6.07) is 10.1. The van der Waals surface area contributed by atoms with Crippen molar-refractivity contribution in [2.24, 2.45) is 5.10 Å². The lowest BCUT2D eigenvalue weighted by molar-refractivity contribution is 0.0984. The molecule has 0 amide bonds. The van der Waals surface area contributed by atoms with E-state index in [4.69, 9.17) is 4.74 Å². The van der Waals surface area contributed by atoms with Crippen LogP contribution in [0.25, 0.3) is 0 Å². The van der Waals surface area contributed by atoms with E-state index in [-0.39, 0.29) is 16.6 Å². The molecule has 1 aromatic heterocycles. The smallest absolute Gasteiger partial charge is 0.276 e. The van der Waals surface area contributed by atoms with Gasteiger partial charge in [-0.15, -0.1) is 16.4 Å². The van der Waals surface area contributed by atoms with Gasteiger partial charge >= 0.3 is 0 Å². The maximum Gasteiger partial charge on any atom is 0.276 e. The molecule has 0 radical (unpaired) electrons. The zero-order chi connectivity index (χ0) is 18.3. The van der Waals surface area contributed by atoms with E-state index in [1.54, 1.807) is 18.2 Å². The Morgan fingerprint density at radius 3 is 2.52 bits per heavy atom. The van der Waals surface area contributed by atoms with Crippen molar-refractivity contribution in [3.63, 3.8) is 0 Å². The predicted octanol–water partition coefficient (Wildman–Crippen LogP) is 3.35. The van der Waals surface area contributed by atoms with Crippen molar-refractivity contribution in [1.29, 1.82) is 0 Å². The number of hydrazone groups is 1. The molecule has 0 saturated heterocycles. The first-order chi connectivity index (χ1) is 11.9. The van der Waals surface area contributed by atoms with Crippen LogP contribution in [0.2, 0.25) is 0 Å². The third-order valence-electron chi connectivity index (χ3n) is 3.45. The first-order valence-electron chi connectivity index (χ1n) is 7.68. The molecule has 0 atom stereocenters. The van der Waals surface area contributed by atoms with Gasteiger partial charge in [-0.25, -0.2) is 0 Å². The van der Waals surface area contributed by atoms with Gasteiger partial charge < -0.3 is 4.74 Å². The van der Waals surface area contributed by atoms with Crippen LogP contribution in [0.5, 0.6) is 0 Å². The number of thiophene rings is 1. The lowest BCUT2D eigenvalue weighted by Crippen LogP contribution is -2.21. The van der Waals surface area contributed by atoms with Crippen molar-refractivity contribution in [2.75, 3.05) is 7.11 Å². The number of methoxy groups -OCH3 is 1. The third-order valence-corrected chi connectivity index (χ3v) is 5.58. The van der Waals surface area contributed by atoms with Crippen LogP contribution in [0.15, 0.2) is 51.8 Å². The largest absolute Gasteiger partial charge is 0.483 e. The highest BCUT2D eigenvalue weighted by molar-refractivity contribution is 7.89. The predicted molar refractivity (Wildman–Crippen MR) is 98.4 cm³/mol. The van der Waals surface area contributed by atoms with E-state index in [0.29, 0.717) is 19.3 Å². The van der Waals surface area contributed by atoms with Crippen LogP contribution < -0.4 is 4.83 Å². The highest BCUT2D eigenvalue weighted by Gasteiger charge is 2.13. The molecule has 25 heavy (non-hydrogen) atoms. The molecule has 0 aliphatic heterocycles. The Kier molecular flexibility index (Phi) is 6.72. The second-order valence-corrected chi connectivity index (χ2v) is 7.98. The fourth-order valence-electron chi connectivity index (χ4n) is 2.05. The maximum atomic E-state index is 12.2. The number of hydrogen-bond donors (Lipinski definition) is 1. The maximum absolute atomic E-state index is 12.2. The van der Waals surface area contributed by atoms with Crippen LogP contribution >= 0.6 is 11.3 Å². The van der Waals surface area contributed by atoms with Crippen LogP contribution in [0.3, 0.4) is 0 Å². The fourth-order valence-corrected chi connectivity index (χ4v) is 3.56. The second kappa shape index (κ2) is 8.77. The van der Waals surface area contributed by atoms with Crippen LogP contribution in [0.1, 0.15) is 34.5 Å². The van der Waals surface area contributed by atoms with E-state index < -0.39 is 10.0 Å². The molecule has 0 fully saturated rings. The van der Waals surface area contributed by atoms with Crippen molar-refractivity contribution in [1.82, 2.24) is 4.83 Å². The number of carbonyl (C=O) groups is 1. The summed E-state index contributed by atoms with van der Waals surface area (Å²) in [4.78, 5) is 14.9. The number of rotatable bonds is 8. The number of nitrogens with one attached hydrogen (secondary N) is 1. The number of benzene rings is 1. The van der Waals surface area contributed by atoms with E-state index in [1.807, 2.05) is 18.4 Å². The van der Waals surface area contributed by atoms with Crippen molar-refractivity contribution >= 4 is 33.0 Å². The zero-order valence-electron chi connectivity index (χ0n) is 14.1. The first-order valence-corrected chi connectivity index (χ1v) is 10.0. The molecule has 0 spiro atoms. The monoisotopic (exact) mass is 380 g/mol. The van der Waals surface area contributed by atoms with E-state index in [0.717, 1.165) is 10.4 Å². The summed E-state index contributed by atoms with van der Waals surface area (Å²) < 4.78 is 29.4. The molecular formula is C17H20N2O4S2. The number of aryl methyl sites for hydroxylation is 1. The normalized spacial score (nSPS) is 12.0. The topological polar surface area (TPSA) is 84.8 Å². The minimum atomic E-state index is -3.74. The van der Waals surface area contributed by atoms with E-state index >= 15 is 0 Å². The summed E-state index contributed by atoms with van der Waals surface area (Å²) in [5.74, 6) is 0.292. The Bertz CT molecular complexity index is 826. The fraction of sp³-hybridized carbons (Fsp3) is 0.294. The van der Waals surface area contributed by atoms with Gasteiger partial charge in [-0.05, 0) is 36.9 Å². The Hall–Kier alpha value is -2.19. The van der Waals surface area contributed by atoms with E-state index in [9.17, 15) is 13.2 Å². The molecule has 0 aliphatic rings. The Morgan fingerprint density at radius 1 is 1.20 bits per heavy atom. The summed E-state index contributed by atoms with van der Waals surface area (Å²) in [7, 11) is -2.33. The van der Waals surface area contributed by atoms with Crippen LogP contribution in [-0.4, -0.2) is 27.2 Å². The van der Waals surface area contributed by atoms with Gasteiger partial charge in [-0.2, -0.15) is 13.2 Å². The van der Waals surface area contributed by atoms with Gasteiger partial charge in [0.15, 0.2) is 5.78 Å². The van der Waals surface area contributed by atoms with Gasteiger partial charge in [0.1, 0.15) is 0 Å². The Morgan fingerprint density at radius 2 is 1.92 bits per heavy atom. The molecule has 1 heterocycles. The summed E-state index contributed by atoms with van der Waals surface area (Å²) in [5.41, 5.74) is 0.968. The molecule has 0 unspecified atom stereocenters. The van der Waals surface area contributed by atoms with Gasteiger partial charge in [0.05, 0.1) is 16.9 Å². The standard InChI is InChI=1S/C17H20N2O4S2/c1-13-8-10-14(11-9-13)25(21,22)19-18-17(23-2)7-3-5-15(20)16-6-4-12-24-16/h4,6,8-12,19H,3,5,7H2,1-2H3. The highest BCUT2D eigenvalue weighted by atomic mass is 32.2. The Labute approximate surface area is 151 Å². The van der Waals surface area contributed by atoms with Crippen molar-refractivity contribution < 1.29 is 17.9 Å². The van der Waals surface area contributed by atoms with Crippen molar-refractivity contribution in [3.8, 4) is 0 Å². The molecular weight excluding hydrogens is 360 g/mol. The zero-order valence-corrected chi connectivity index (χ0v) is 15.7. The lowest BCUT2D eigenvalue weighted by Gasteiger charge is -2.07. The summed E-state index contributed by atoms with van der Waals surface area (Å²) in [6.45, 7) is 1.88.